The van der Waals surface area contributed by atoms with Crippen LogP contribution in [0.15, 0.2) is 12.1 Å². The summed E-state index contributed by atoms with van der Waals surface area (Å²) in [6, 6.07) is 3.88. The van der Waals surface area contributed by atoms with Crippen molar-refractivity contribution in [3.8, 4) is 11.5 Å². The number of nitrogens with one attached hydrogen (secondary N) is 1. The Hall–Kier alpha value is -0.930. The molecule has 1 saturated carbocycles. The number of hydrogen-bond acceptors (Lipinski definition) is 3. The van der Waals surface area contributed by atoms with Crippen LogP contribution in [0.1, 0.15) is 44.6 Å². The van der Waals surface area contributed by atoms with Crippen molar-refractivity contribution in [2.24, 2.45) is 5.92 Å². The van der Waals surface area contributed by atoms with Crippen LogP contribution in [0.2, 0.25) is 5.02 Å². The first-order valence-electron chi connectivity index (χ1n) is 7.40. The van der Waals surface area contributed by atoms with E-state index in [1.807, 2.05) is 0 Å². The van der Waals surface area contributed by atoms with E-state index in [9.17, 15) is 5.11 Å². The highest BCUT2D eigenvalue weighted by Gasteiger charge is 2.20. The molecule has 0 aromatic heterocycles. The lowest BCUT2D eigenvalue weighted by Gasteiger charge is -2.28. The summed E-state index contributed by atoms with van der Waals surface area (Å²) in [5.41, 5.74) is 0.789. The zero-order valence-electron chi connectivity index (χ0n) is 12.3. The molecule has 1 aliphatic carbocycles. The number of hydrogen-bond donors (Lipinski definition) is 2. The lowest BCUT2D eigenvalue weighted by atomic mass is 9.84. The van der Waals surface area contributed by atoms with Gasteiger partial charge in [-0.05, 0) is 31.7 Å². The van der Waals surface area contributed by atoms with Crippen molar-refractivity contribution in [3.63, 3.8) is 0 Å². The van der Waals surface area contributed by atoms with Crippen molar-refractivity contribution in [2.75, 3.05) is 7.11 Å². The van der Waals surface area contributed by atoms with Crippen molar-refractivity contribution >= 4 is 11.6 Å². The maximum Gasteiger partial charge on any atom is 0.162 e. The summed E-state index contributed by atoms with van der Waals surface area (Å²) < 4.78 is 5.13. The van der Waals surface area contributed by atoms with Crippen LogP contribution in [-0.2, 0) is 6.54 Å². The molecule has 0 radical (unpaired) electrons. The molecule has 20 heavy (non-hydrogen) atoms. The van der Waals surface area contributed by atoms with Gasteiger partial charge >= 0.3 is 0 Å². The van der Waals surface area contributed by atoms with Crippen molar-refractivity contribution in [2.45, 2.75) is 51.6 Å². The maximum atomic E-state index is 10.1. The number of aromatic hydroxyl groups is 1. The first-order valence-corrected chi connectivity index (χ1v) is 7.78. The number of benzene rings is 1. The molecule has 4 heteroatoms. The molecule has 2 rings (SSSR count). The molecule has 0 bridgehead atoms. The number of ether oxygens (including phenoxy) is 1. The van der Waals surface area contributed by atoms with E-state index >= 15 is 0 Å². The van der Waals surface area contributed by atoms with E-state index in [1.54, 1.807) is 12.1 Å². The summed E-state index contributed by atoms with van der Waals surface area (Å²) in [6.07, 6.45) is 6.66. The molecular weight excluding hydrogens is 274 g/mol. The van der Waals surface area contributed by atoms with Crippen LogP contribution in [0.25, 0.3) is 0 Å². The lowest BCUT2D eigenvalue weighted by Crippen LogP contribution is -2.34. The van der Waals surface area contributed by atoms with Crippen LogP contribution in [0.5, 0.6) is 11.5 Å². The monoisotopic (exact) mass is 297 g/mol. The van der Waals surface area contributed by atoms with Gasteiger partial charge < -0.3 is 15.2 Å². The molecule has 2 N–H and O–H groups in total. The second-order valence-corrected chi connectivity index (χ2v) is 6.12. The highest BCUT2D eigenvalue weighted by Crippen LogP contribution is 2.33. The molecule has 1 fully saturated rings. The average Bonchev–Trinajstić information content (AvgIpc) is 2.48. The molecule has 1 aromatic carbocycles. The predicted molar refractivity (Wildman–Crippen MR) is 82.5 cm³/mol. The third-order valence-electron chi connectivity index (χ3n) is 4.31. The summed E-state index contributed by atoms with van der Waals surface area (Å²) in [7, 11) is 1.53. The van der Waals surface area contributed by atoms with Crippen molar-refractivity contribution in [3.05, 3.63) is 22.7 Å². The maximum absolute atomic E-state index is 10.1. The zero-order valence-corrected chi connectivity index (χ0v) is 13.0. The molecule has 1 aromatic rings. The Labute approximate surface area is 126 Å². The van der Waals surface area contributed by atoms with E-state index in [1.165, 1.54) is 39.2 Å². The van der Waals surface area contributed by atoms with Crippen LogP contribution in [0.3, 0.4) is 0 Å². The number of methoxy groups -OCH3 is 1. The molecule has 0 heterocycles. The first-order chi connectivity index (χ1) is 9.61. The number of halogens is 1. The minimum atomic E-state index is 0.181. The average molecular weight is 298 g/mol. The third kappa shape index (κ3) is 3.80. The Morgan fingerprint density at radius 3 is 2.70 bits per heavy atom. The van der Waals surface area contributed by atoms with Crippen LogP contribution >= 0.6 is 11.6 Å². The molecule has 0 saturated heterocycles. The van der Waals surface area contributed by atoms with Gasteiger partial charge in [0.15, 0.2) is 11.5 Å². The Morgan fingerprint density at radius 2 is 2.05 bits per heavy atom. The molecule has 0 spiro atoms. The Bertz CT molecular complexity index is 444. The largest absolute Gasteiger partial charge is 0.504 e. The molecule has 0 amide bonds. The summed E-state index contributed by atoms with van der Waals surface area (Å²) in [5, 5.41) is 14.2. The van der Waals surface area contributed by atoms with E-state index in [2.05, 4.69) is 12.2 Å². The fraction of sp³-hybridized carbons (Fsp3) is 0.625. The van der Waals surface area contributed by atoms with Gasteiger partial charge in [0, 0.05) is 29.2 Å². The minimum Gasteiger partial charge on any atom is -0.504 e. The minimum absolute atomic E-state index is 0.181. The van der Waals surface area contributed by atoms with Crippen molar-refractivity contribution in [1.82, 2.24) is 5.32 Å². The molecule has 1 unspecified atom stereocenters. The van der Waals surface area contributed by atoms with E-state index in [0.29, 0.717) is 23.4 Å². The Kier molecular flexibility index (Phi) is 5.55. The fourth-order valence-electron chi connectivity index (χ4n) is 2.99. The van der Waals surface area contributed by atoms with Crippen LogP contribution in [0.4, 0.5) is 0 Å². The van der Waals surface area contributed by atoms with Crippen molar-refractivity contribution in [1.29, 1.82) is 0 Å². The standard InChI is InChI=1S/C16H24ClNO2/c1-11(12-6-4-3-5-7-12)18-10-13-8-14(17)9-15(20-2)16(13)19/h8-9,11-12,18-19H,3-7,10H2,1-2H3. The normalized spacial score (nSPS) is 17.9. The molecule has 112 valence electrons. The molecule has 0 aliphatic heterocycles. The summed E-state index contributed by atoms with van der Waals surface area (Å²) >= 11 is 6.05. The molecular formula is C16H24ClNO2. The van der Waals surface area contributed by atoms with Crippen LogP contribution in [-0.4, -0.2) is 18.3 Å². The zero-order chi connectivity index (χ0) is 14.5. The van der Waals surface area contributed by atoms with Gasteiger partial charge in [-0.1, -0.05) is 30.9 Å². The van der Waals surface area contributed by atoms with Gasteiger partial charge in [0.2, 0.25) is 0 Å². The van der Waals surface area contributed by atoms with E-state index in [0.717, 1.165) is 11.5 Å². The number of rotatable bonds is 5. The second kappa shape index (κ2) is 7.19. The third-order valence-corrected chi connectivity index (χ3v) is 4.53. The smallest absolute Gasteiger partial charge is 0.162 e. The van der Waals surface area contributed by atoms with Gasteiger partial charge in [0.25, 0.3) is 0 Å². The molecule has 3 nitrogen and oxygen atoms in total. The number of phenolic OH excluding ortho intramolecular Hbond substituents is 1. The van der Waals surface area contributed by atoms with Crippen LogP contribution in [0, 0.1) is 5.92 Å². The molecule has 1 atom stereocenters. The topological polar surface area (TPSA) is 41.5 Å². The first kappa shape index (κ1) is 15.5. The highest BCUT2D eigenvalue weighted by atomic mass is 35.5. The lowest BCUT2D eigenvalue weighted by molar-refractivity contribution is 0.279. The fourth-order valence-corrected chi connectivity index (χ4v) is 3.22. The van der Waals surface area contributed by atoms with E-state index in [-0.39, 0.29) is 5.75 Å². The highest BCUT2D eigenvalue weighted by molar-refractivity contribution is 6.30. The summed E-state index contributed by atoms with van der Waals surface area (Å²) in [5.74, 6) is 1.35. The van der Waals surface area contributed by atoms with E-state index < -0.39 is 0 Å². The van der Waals surface area contributed by atoms with Gasteiger partial charge in [-0.2, -0.15) is 0 Å². The van der Waals surface area contributed by atoms with Gasteiger partial charge in [-0.25, -0.2) is 0 Å². The van der Waals surface area contributed by atoms with Crippen molar-refractivity contribution < 1.29 is 9.84 Å². The predicted octanol–water partition coefficient (Wildman–Crippen LogP) is 4.11. The van der Waals surface area contributed by atoms with Gasteiger partial charge in [-0.3, -0.25) is 0 Å². The van der Waals surface area contributed by atoms with Gasteiger partial charge in [0.05, 0.1) is 7.11 Å². The van der Waals surface area contributed by atoms with Gasteiger partial charge in [0.1, 0.15) is 0 Å². The SMILES string of the molecule is COc1cc(Cl)cc(CNC(C)C2CCCCC2)c1O. The number of phenols is 1. The summed E-state index contributed by atoms with van der Waals surface area (Å²) in [4.78, 5) is 0. The van der Waals surface area contributed by atoms with Gasteiger partial charge in [-0.15, -0.1) is 0 Å². The van der Waals surface area contributed by atoms with E-state index in [4.69, 9.17) is 16.3 Å². The summed E-state index contributed by atoms with van der Waals surface area (Å²) in [6.45, 7) is 2.84. The Balaban J connectivity index is 1.97. The second-order valence-electron chi connectivity index (χ2n) is 5.68. The van der Waals surface area contributed by atoms with Crippen LogP contribution < -0.4 is 10.1 Å². The quantitative estimate of drug-likeness (QED) is 0.859. The Morgan fingerprint density at radius 1 is 1.35 bits per heavy atom. The molecule has 1 aliphatic rings.